The first-order valence-electron chi connectivity index (χ1n) is 8.35. The van der Waals surface area contributed by atoms with Gasteiger partial charge < -0.3 is 25.0 Å². The van der Waals surface area contributed by atoms with Crippen molar-refractivity contribution in [1.29, 1.82) is 0 Å². The highest BCUT2D eigenvalue weighted by molar-refractivity contribution is 5.94. The molecule has 3 N–H and O–H groups in total. The van der Waals surface area contributed by atoms with Gasteiger partial charge in [0.25, 0.3) is 11.8 Å². The van der Waals surface area contributed by atoms with E-state index >= 15 is 0 Å². The van der Waals surface area contributed by atoms with Gasteiger partial charge in [-0.1, -0.05) is 0 Å². The van der Waals surface area contributed by atoms with Crippen LogP contribution in [0.15, 0.2) is 18.2 Å². The third-order valence-electron chi connectivity index (χ3n) is 4.32. The number of anilines is 1. The lowest BCUT2D eigenvalue weighted by Gasteiger charge is -2.22. The van der Waals surface area contributed by atoms with Gasteiger partial charge in [0.2, 0.25) is 0 Å². The number of carbonyl (C=O) groups excluding carboxylic acids is 2. The second-order valence-electron chi connectivity index (χ2n) is 6.43. The van der Waals surface area contributed by atoms with E-state index in [1.54, 1.807) is 18.2 Å². The summed E-state index contributed by atoms with van der Waals surface area (Å²) in [5.41, 5.74) is 0.659. The van der Waals surface area contributed by atoms with Gasteiger partial charge in [-0.25, -0.2) is 0 Å². The molecule has 24 heavy (non-hydrogen) atoms. The standard InChI is InChI=1S/C17H23N3O4/c1-11(20(2)10-16(21)18-12-3-4-12)17(22)19-13-5-6-14-15(9-13)24-8-7-23-14/h5-6,9,11-12H,3-4,7-8,10H2,1-2H3,(H,18,21)(H,19,22)/p+1/t11-/m0/s1. The maximum atomic E-state index is 12.4. The average molecular weight is 334 g/mol. The summed E-state index contributed by atoms with van der Waals surface area (Å²) in [4.78, 5) is 25.1. The maximum absolute atomic E-state index is 12.4. The fourth-order valence-electron chi connectivity index (χ4n) is 2.51. The normalized spacial score (nSPS) is 18.4. The van der Waals surface area contributed by atoms with Crippen LogP contribution >= 0.6 is 0 Å². The second kappa shape index (κ2) is 7.09. The van der Waals surface area contributed by atoms with E-state index in [0.29, 0.717) is 36.4 Å². The van der Waals surface area contributed by atoms with Crippen molar-refractivity contribution in [3.05, 3.63) is 18.2 Å². The molecule has 0 spiro atoms. The minimum absolute atomic E-state index is 0.00557. The number of benzene rings is 1. The number of rotatable bonds is 6. The van der Waals surface area contributed by atoms with Crippen molar-refractivity contribution in [3.63, 3.8) is 0 Å². The van der Waals surface area contributed by atoms with Crippen molar-refractivity contribution in [3.8, 4) is 11.5 Å². The van der Waals surface area contributed by atoms with Crippen LogP contribution in [0.5, 0.6) is 11.5 Å². The predicted molar refractivity (Wildman–Crippen MR) is 88.4 cm³/mol. The van der Waals surface area contributed by atoms with E-state index in [9.17, 15) is 9.59 Å². The number of likely N-dealkylation sites (N-methyl/N-ethyl adjacent to an activating group) is 1. The lowest BCUT2D eigenvalue weighted by molar-refractivity contribution is -0.885. The highest BCUT2D eigenvalue weighted by Gasteiger charge is 2.28. The summed E-state index contributed by atoms with van der Waals surface area (Å²) in [6.45, 7) is 3.13. The number of nitrogens with one attached hydrogen (secondary N) is 3. The summed E-state index contributed by atoms with van der Waals surface area (Å²) >= 11 is 0. The first-order valence-corrected chi connectivity index (χ1v) is 8.35. The molecule has 0 bridgehead atoms. The summed E-state index contributed by atoms with van der Waals surface area (Å²) in [6, 6.07) is 5.32. The van der Waals surface area contributed by atoms with Crippen molar-refractivity contribution < 1.29 is 24.0 Å². The Bertz CT molecular complexity index is 630. The molecular weight excluding hydrogens is 310 g/mol. The van der Waals surface area contributed by atoms with Gasteiger partial charge in [-0.3, -0.25) is 9.59 Å². The van der Waals surface area contributed by atoms with Crippen LogP contribution in [0.1, 0.15) is 19.8 Å². The minimum Gasteiger partial charge on any atom is -0.486 e. The largest absolute Gasteiger partial charge is 0.486 e. The quantitative estimate of drug-likeness (QED) is 0.660. The molecule has 2 atom stereocenters. The van der Waals surface area contributed by atoms with Crippen LogP contribution in [0.2, 0.25) is 0 Å². The van der Waals surface area contributed by atoms with Crippen LogP contribution in [0.4, 0.5) is 5.69 Å². The molecule has 1 unspecified atom stereocenters. The minimum atomic E-state index is -0.344. The Morgan fingerprint density at radius 2 is 1.96 bits per heavy atom. The van der Waals surface area contributed by atoms with Gasteiger partial charge in [0, 0.05) is 17.8 Å². The molecule has 1 aliphatic heterocycles. The van der Waals surface area contributed by atoms with Crippen molar-refractivity contribution in [2.45, 2.75) is 31.8 Å². The van der Waals surface area contributed by atoms with Gasteiger partial charge in [-0.2, -0.15) is 0 Å². The first kappa shape index (κ1) is 16.6. The molecule has 7 heteroatoms. The fourth-order valence-corrected chi connectivity index (χ4v) is 2.51. The number of hydrogen-bond acceptors (Lipinski definition) is 4. The zero-order valence-electron chi connectivity index (χ0n) is 14.1. The van der Waals surface area contributed by atoms with E-state index in [4.69, 9.17) is 9.47 Å². The average Bonchev–Trinajstić information content (AvgIpc) is 3.37. The fraction of sp³-hybridized carbons (Fsp3) is 0.529. The van der Waals surface area contributed by atoms with Gasteiger partial charge >= 0.3 is 0 Å². The Balaban J connectivity index is 1.54. The van der Waals surface area contributed by atoms with Gasteiger partial charge in [0.15, 0.2) is 24.1 Å². The topological polar surface area (TPSA) is 81.1 Å². The van der Waals surface area contributed by atoms with Crippen LogP contribution in [-0.2, 0) is 9.59 Å². The Morgan fingerprint density at radius 1 is 1.25 bits per heavy atom. The number of hydrogen-bond donors (Lipinski definition) is 3. The molecule has 130 valence electrons. The Hall–Kier alpha value is -2.28. The van der Waals surface area contributed by atoms with E-state index in [1.165, 1.54) is 0 Å². The van der Waals surface area contributed by atoms with E-state index in [0.717, 1.165) is 17.7 Å². The lowest BCUT2D eigenvalue weighted by atomic mass is 10.2. The molecule has 0 aromatic heterocycles. The summed E-state index contributed by atoms with van der Waals surface area (Å²) in [5, 5.41) is 5.81. The molecular formula is C17H24N3O4+. The number of quaternary nitrogens is 1. The van der Waals surface area contributed by atoms with Gasteiger partial charge in [-0.05, 0) is 31.9 Å². The smallest absolute Gasteiger partial charge is 0.282 e. The maximum Gasteiger partial charge on any atom is 0.282 e. The van der Waals surface area contributed by atoms with Crippen LogP contribution in [0.3, 0.4) is 0 Å². The summed E-state index contributed by atoms with van der Waals surface area (Å²) in [6.07, 6.45) is 2.12. The van der Waals surface area contributed by atoms with E-state index < -0.39 is 0 Å². The number of fused-ring (bicyclic) bond motifs is 1. The third-order valence-corrected chi connectivity index (χ3v) is 4.32. The summed E-state index contributed by atoms with van der Waals surface area (Å²) in [5.74, 6) is 1.18. The molecule has 1 heterocycles. The zero-order chi connectivity index (χ0) is 17.1. The zero-order valence-corrected chi connectivity index (χ0v) is 14.1. The highest BCUT2D eigenvalue weighted by Crippen LogP contribution is 2.32. The highest BCUT2D eigenvalue weighted by atomic mass is 16.6. The molecule has 1 aromatic carbocycles. The van der Waals surface area contributed by atoms with Crippen molar-refractivity contribution in [2.24, 2.45) is 0 Å². The molecule has 1 aliphatic carbocycles. The molecule has 0 saturated heterocycles. The third kappa shape index (κ3) is 4.17. The molecule has 1 fully saturated rings. The Kier molecular flexibility index (Phi) is 4.89. The number of ether oxygens (including phenoxy) is 2. The molecule has 2 amide bonds. The SMILES string of the molecule is C[C@@H](C(=O)Nc1ccc2c(c1)OCCO2)[NH+](C)CC(=O)NC1CC1. The van der Waals surface area contributed by atoms with E-state index in [1.807, 2.05) is 14.0 Å². The van der Waals surface area contributed by atoms with Gasteiger partial charge in [0.1, 0.15) is 13.2 Å². The molecule has 1 aromatic rings. The van der Waals surface area contributed by atoms with Gasteiger partial charge in [0.05, 0.1) is 7.05 Å². The van der Waals surface area contributed by atoms with Crippen LogP contribution < -0.4 is 25.0 Å². The number of amides is 2. The van der Waals surface area contributed by atoms with Crippen molar-refractivity contribution in [2.75, 3.05) is 32.1 Å². The van der Waals surface area contributed by atoms with Crippen LogP contribution in [0.25, 0.3) is 0 Å². The Labute approximate surface area is 141 Å². The van der Waals surface area contributed by atoms with E-state index in [2.05, 4.69) is 10.6 Å². The van der Waals surface area contributed by atoms with Crippen LogP contribution in [-0.4, -0.2) is 50.7 Å². The predicted octanol–water partition coefficient (Wildman–Crippen LogP) is -0.422. The first-order chi connectivity index (χ1) is 11.5. The van der Waals surface area contributed by atoms with Crippen LogP contribution in [0, 0.1) is 0 Å². The van der Waals surface area contributed by atoms with E-state index in [-0.39, 0.29) is 24.4 Å². The summed E-state index contributed by atoms with van der Waals surface area (Å²) in [7, 11) is 1.85. The molecule has 1 saturated carbocycles. The molecule has 0 radical (unpaired) electrons. The van der Waals surface area contributed by atoms with Crippen molar-refractivity contribution >= 4 is 17.5 Å². The Morgan fingerprint density at radius 3 is 2.67 bits per heavy atom. The van der Waals surface area contributed by atoms with Gasteiger partial charge in [-0.15, -0.1) is 0 Å². The lowest BCUT2D eigenvalue weighted by Crippen LogP contribution is -3.15. The second-order valence-corrected chi connectivity index (χ2v) is 6.43. The number of carbonyl (C=O) groups is 2. The van der Waals surface area contributed by atoms with Crippen molar-refractivity contribution in [1.82, 2.24) is 5.32 Å². The monoisotopic (exact) mass is 334 g/mol. The molecule has 3 rings (SSSR count). The summed E-state index contributed by atoms with van der Waals surface area (Å²) < 4.78 is 11.0. The molecule has 7 nitrogen and oxygen atoms in total. The molecule has 2 aliphatic rings.